The molecule has 134 valence electrons. The van der Waals surface area contributed by atoms with Crippen LogP contribution in [0, 0.1) is 5.92 Å². The van der Waals surface area contributed by atoms with E-state index in [0.29, 0.717) is 11.7 Å². The quantitative estimate of drug-likeness (QED) is 0.899. The summed E-state index contributed by atoms with van der Waals surface area (Å²) in [5.41, 5.74) is 0.257. The number of hydrogen-bond donors (Lipinski definition) is 1. The average Bonchev–Trinajstić information content (AvgIpc) is 3.09. The molecule has 0 amide bonds. The molecule has 24 heavy (non-hydrogen) atoms. The van der Waals surface area contributed by atoms with E-state index in [4.69, 9.17) is 4.74 Å². The molecule has 3 rings (SSSR count). The Morgan fingerprint density at radius 1 is 1.17 bits per heavy atom. The van der Waals surface area contributed by atoms with Gasteiger partial charge in [-0.15, -0.1) is 0 Å². The van der Waals surface area contributed by atoms with Crippen LogP contribution in [0.1, 0.15) is 42.9 Å². The minimum atomic E-state index is -4.34. The molecule has 0 radical (unpaired) electrons. The molecule has 1 aliphatic carbocycles. The van der Waals surface area contributed by atoms with Crippen LogP contribution in [0.25, 0.3) is 0 Å². The first-order valence-electron chi connectivity index (χ1n) is 8.70. The molecule has 1 aromatic rings. The van der Waals surface area contributed by atoms with Crippen LogP contribution < -0.4 is 10.1 Å². The first-order valence-corrected chi connectivity index (χ1v) is 8.70. The van der Waals surface area contributed by atoms with E-state index in [9.17, 15) is 13.2 Å². The lowest BCUT2D eigenvalue weighted by molar-refractivity contribution is -0.137. The van der Waals surface area contributed by atoms with Crippen LogP contribution in [-0.4, -0.2) is 38.2 Å². The molecular weight excluding hydrogens is 317 g/mol. The van der Waals surface area contributed by atoms with Gasteiger partial charge in [-0.05, 0) is 30.9 Å². The summed E-state index contributed by atoms with van der Waals surface area (Å²) in [6.45, 7) is 3.69. The van der Waals surface area contributed by atoms with Crippen LogP contribution in [0.3, 0.4) is 0 Å². The summed E-state index contributed by atoms with van der Waals surface area (Å²) in [6, 6.07) is 4.13. The molecule has 3 nitrogen and oxygen atoms in total. The number of rotatable bonds is 4. The molecule has 1 heterocycles. The highest BCUT2D eigenvalue weighted by Crippen LogP contribution is 2.44. The lowest BCUT2D eigenvalue weighted by Gasteiger charge is -2.39. The molecular formula is C18H25F3N2O. The van der Waals surface area contributed by atoms with Crippen LogP contribution in [-0.2, 0) is 6.18 Å². The van der Waals surface area contributed by atoms with Gasteiger partial charge in [-0.1, -0.05) is 18.9 Å². The second-order valence-corrected chi connectivity index (χ2v) is 6.73. The summed E-state index contributed by atoms with van der Waals surface area (Å²) < 4.78 is 44.4. The Hall–Kier alpha value is -1.27. The van der Waals surface area contributed by atoms with Gasteiger partial charge in [0.15, 0.2) is 0 Å². The van der Waals surface area contributed by atoms with Crippen molar-refractivity contribution in [2.24, 2.45) is 5.92 Å². The van der Waals surface area contributed by atoms with Gasteiger partial charge in [-0.2, -0.15) is 13.2 Å². The Kier molecular flexibility index (Phi) is 5.35. The van der Waals surface area contributed by atoms with Crippen molar-refractivity contribution in [2.45, 2.75) is 37.9 Å². The van der Waals surface area contributed by atoms with Crippen LogP contribution in [0.5, 0.6) is 5.75 Å². The second kappa shape index (κ2) is 7.31. The van der Waals surface area contributed by atoms with E-state index in [-0.39, 0.29) is 6.04 Å². The molecule has 0 spiro atoms. The molecule has 0 unspecified atom stereocenters. The number of nitrogens with one attached hydrogen (secondary N) is 1. The maximum absolute atomic E-state index is 13.0. The first kappa shape index (κ1) is 17.5. The highest BCUT2D eigenvalue weighted by molar-refractivity contribution is 5.41. The third kappa shape index (κ3) is 3.70. The van der Waals surface area contributed by atoms with Crippen molar-refractivity contribution in [3.8, 4) is 5.75 Å². The monoisotopic (exact) mass is 342 g/mol. The van der Waals surface area contributed by atoms with Crippen molar-refractivity contribution in [1.82, 2.24) is 10.2 Å². The average molecular weight is 342 g/mol. The number of nitrogens with zero attached hydrogens (tertiary/aromatic N) is 1. The number of alkyl halides is 3. The van der Waals surface area contributed by atoms with E-state index in [1.807, 2.05) is 0 Å². The Bertz CT molecular complexity index is 550. The molecule has 1 N–H and O–H groups in total. The van der Waals surface area contributed by atoms with Crippen molar-refractivity contribution in [2.75, 3.05) is 33.3 Å². The van der Waals surface area contributed by atoms with Crippen LogP contribution in [0.15, 0.2) is 18.2 Å². The zero-order valence-electron chi connectivity index (χ0n) is 14.0. The number of ether oxygens (including phenoxy) is 1. The van der Waals surface area contributed by atoms with E-state index in [1.165, 1.54) is 26.0 Å². The minimum Gasteiger partial charge on any atom is -0.496 e. The van der Waals surface area contributed by atoms with Crippen molar-refractivity contribution >= 4 is 0 Å². The molecule has 1 atom stereocenters. The summed E-state index contributed by atoms with van der Waals surface area (Å²) in [5.74, 6) is 0.856. The molecule has 1 saturated carbocycles. The van der Waals surface area contributed by atoms with Gasteiger partial charge in [-0.25, -0.2) is 0 Å². The normalized spacial score (nSPS) is 21.8. The summed E-state index contributed by atoms with van der Waals surface area (Å²) in [6.07, 6.45) is 0.341. The maximum atomic E-state index is 13.0. The fourth-order valence-corrected chi connectivity index (χ4v) is 4.11. The van der Waals surface area contributed by atoms with Gasteiger partial charge in [0.05, 0.1) is 12.7 Å². The standard InChI is InChI=1S/C18H25F3N2O/c1-24-16-12-14(18(19,20)21)6-7-15(16)17(13-4-2-3-5-13)23-10-8-22-9-11-23/h6-7,12-13,17,22H,2-5,8-11H2,1H3/t17-/m1/s1. The molecule has 6 heteroatoms. The molecule has 2 aliphatic rings. The van der Waals surface area contributed by atoms with E-state index < -0.39 is 11.7 Å². The smallest absolute Gasteiger partial charge is 0.416 e. The largest absolute Gasteiger partial charge is 0.496 e. The second-order valence-electron chi connectivity index (χ2n) is 6.73. The van der Waals surface area contributed by atoms with Crippen molar-refractivity contribution in [1.29, 1.82) is 0 Å². The van der Waals surface area contributed by atoms with Crippen molar-refractivity contribution in [3.05, 3.63) is 29.3 Å². The predicted octanol–water partition coefficient (Wildman–Crippen LogP) is 3.85. The number of hydrogen-bond acceptors (Lipinski definition) is 3. The Morgan fingerprint density at radius 3 is 2.42 bits per heavy atom. The molecule has 1 saturated heterocycles. The predicted molar refractivity (Wildman–Crippen MR) is 87.1 cm³/mol. The number of halogens is 3. The lowest BCUT2D eigenvalue weighted by Crippen LogP contribution is -2.46. The number of benzene rings is 1. The zero-order valence-corrected chi connectivity index (χ0v) is 14.0. The van der Waals surface area contributed by atoms with Gasteiger partial charge >= 0.3 is 6.18 Å². The van der Waals surface area contributed by atoms with E-state index in [1.54, 1.807) is 6.07 Å². The van der Waals surface area contributed by atoms with Crippen molar-refractivity contribution in [3.63, 3.8) is 0 Å². The summed E-state index contributed by atoms with van der Waals surface area (Å²) in [7, 11) is 1.46. The fraction of sp³-hybridized carbons (Fsp3) is 0.667. The number of piperazine rings is 1. The number of methoxy groups -OCH3 is 1. The van der Waals surface area contributed by atoms with Gasteiger partial charge in [0.2, 0.25) is 0 Å². The van der Waals surface area contributed by atoms with Gasteiger partial charge in [0.1, 0.15) is 5.75 Å². The molecule has 0 aromatic heterocycles. The van der Waals surface area contributed by atoms with Gasteiger partial charge in [-0.3, -0.25) is 4.90 Å². The SMILES string of the molecule is COc1cc(C(F)(F)F)ccc1[C@@H](C1CCCC1)N1CCNCC1. The fourth-order valence-electron chi connectivity index (χ4n) is 4.11. The highest BCUT2D eigenvalue weighted by Gasteiger charge is 2.36. The first-order chi connectivity index (χ1) is 11.5. The Labute approximate surface area is 141 Å². The Morgan fingerprint density at radius 2 is 1.83 bits per heavy atom. The maximum Gasteiger partial charge on any atom is 0.416 e. The third-order valence-electron chi connectivity index (χ3n) is 5.27. The summed E-state index contributed by atoms with van der Waals surface area (Å²) in [4.78, 5) is 2.41. The van der Waals surface area contributed by atoms with Gasteiger partial charge in [0.25, 0.3) is 0 Å². The topological polar surface area (TPSA) is 24.5 Å². The summed E-state index contributed by atoms with van der Waals surface area (Å²) in [5, 5.41) is 3.35. The molecule has 2 fully saturated rings. The van der Waals surface area contributed by atoms with E-state index in [0.717, 1.165) is 50.7 Å². The van der Waals surface area contributed by atoms with E-state index >= 15 is 0 Å². The van der Waals surface area contributed by atoms with E-state index in [2.05, 4.69) is 10.2 Å². The minimum absolute atomic E-state index is 0.145. The van der Waals surface area contributed by atoms with Gasteiger partial charge < -0.3 is 10.1 Å². The van der Waals surface area contributed by atoms with Crippen LogP contribution >= 0.6 is 0 Å². The summed E-state index contributed by atoms with van der Waals surface area (Å²) >= 11 is 0. The van der Waals surface area contributed by atoms with Crippen LogP contribution in [0.4, 0.5) is 13.2 Å². The zero-order chi connectivity index (χ0) is 17.2. The Balaban J connectivity index is 1.96. The highest BCUT2D eigenvalue weighted by atomic mass is 19.4. The molecule has 1 aliphatic heterocycles. The third-order valence-corrected chi connectivity index (χ3v) is 5.27. The lowest BCUT2D eigenvalue weighted by atomic mass is 9.88. The molecule has 1 aromatic carbocycles. The molecule has 0 bridgehead atoms. The van der Waals surface area contributed by atoms with Crippen molar-refractivity contribution < 1.29 is 17.9 Å². The van der Waals surface area contributed by atoms with Gasteiger partial charge in [0, 0.05) is 37.8 Å². The van der Waals surface area contributed by atoms with Crippen LogP contribution in [0.2, 0.25) is 0 Å².